The van der Waals surface area contributed by atoms with Crippen LogP contribution in [0.3, 0.4) is 0 Å². The fourth-order valence-electron chi connectivity index (χ4n) is 1.59. The summed E-state index contributed by atoms with van der Waals surface area (Å²) < 4.78 is 26.0. The number of nitrogens with one attached hydrogen (secondary N) is 1. The molecule has 0 unspecified atom stereocenters. The Bertz CT molecular complexity index is 438. The predicted octanol–water partition coefficient (Wildman–Crippen LogP) is 1.81. The average molecular weight is 224 g/mol. The summed E-state index contributed by atoms with van der Waals surface area (Å²) in [5.41, 5.74) is -0.306. The molecule has 1 aliphatic carbocycles. The molecule has 0 saturated heterocycles. The zero-order valence-corrected chi connectivity index (χ0v) is 8.41. The van der Waals surface area contributed by atoms with Gasteiger partial charge in [-0.25, -0.2) is 9.37 Å². The normalized spacial score (nSPS) is 15.4. The molecule has 0 spiro atoms. The van der Waals surface area contributed by atoms with Gasteiger partial charge in [0.2, 0.25) is 5.95 Å². The van der Waals surface area contributed by atoms with E-state index in [1.54, 1.807) is 0 Å². The van der Waals surface area contributed by atoms with E-state index in [0.717, 1.165) is 25.1 Å². The highest BCUT2D eigenvalue weighted by atomic mass is 19.2. The molecule has 1 N–H and O–H groups in total. The molecule has 0 fully saturated rings. The van der Waals surface area contributed by atoms with Gasteiger partial charge in [-0.2, -0.15) is 4.39 Å². The lowest BCUT2D eigenvalue weighted by Crippen LogP contribution is -2.33. The molecule has 84 valence electrons. The van der Waals surface area contributed by atoms with Crippen LogP contribution in [0.4, 0.5) is 8.78 Å². The van der Waals surface area contributed by atoms with E-state index in [1.807, 2.05) is 12.2 Å². The van der Waals surface area contributed by atoms with Crippen LogP contribution in [-0.2, 0) is 0 Å². The van der Waals surface area contributed by atoms with Crippen molar-refractivity contribution in [3.05, 3.63) is 41.7 Å². The van der Waals surface area contributed by atoms with E-state index in [1.165, 1.54) is 0 Å². The minimum atomic E-state index is -1.25. The Hall–Kier alpha value is -1.78. The number of aromatic nitrogens is 1. The van der Waals surface area contributed by atoms with E-state index in [4.69, 9.17) is 0 Å². The Labute approximate surface area is 91.2 Å². The van der Waals surface area contributed by atoms with Gasteiger partial charge in [0, 0.05) is 12.2 Å². The number of hydrogen-bond donors (Lipinski definition) is 1. The second-order valence-corrected chi connectivity index (χ2v) is 3.58. The van der Waals surface area contributed by atoms with Crippen molar-refractivity contribution in [3.8, 4) is 0 Å². The van der Waals surface area contributed by atoms with Gasteiger partial charge in [0.15, 0.2) is 5.82 Å². The first-order valence-electron chi connectivity index (χ1n) is 4.94. The van der Waals surface area contributed by atoms with Gasteiger partial charge in [-0.1, -0.05) is 12.2 Å². The number of nitrogens with zero attached hydrogens (tertiary/aromatic N) is 1. The third-order valence-electron chi connectivity index (χ3n) is 2.43. The molecule has 3 nitrogen and oxygen atoms in total. The van der Waals surface area contributed by atoms with Crippen LogP contribution in [0, 0.1) is 11.8 Å². The molecule has 0 saturated carbocycles. The SMILES string of the molecule is O=C(NC1CC=CC1)c1ccnc(F)c1F. The number of carbonyl (C=O) groups is 1. The Morgan fingerprint density at radius 3 is 2.75 bits per heavy atom. The highest BCUT2D eigenvalue weighted by molar-refractivity contribution is 5.94. The second-order valence-electron chi connectivity index (χ2n) is 3.58. The number of rotatable bonds is 2. The predicted molar refractivity (Wildman–Crippen MR) is 53.8 cm³/mol. The summed E-state index contributed by atoms with van der Waals surface area (Å²) in [5, 5.41) is 2.63. The number of halogens is 2. The maximum atomic E-state index is 13.2. The average Bonchev–Trinajstić information content (AvgIpc) is 2.74. The molecule has 1 heterocycles. The van der Waals surface area contributed by atoms with E-state index in [2.05, 4.69) is 10.3 Å². The van der Waals surface area contributed by atoms with Crippen molar-refractivity contribution >= 4 is 5.91 Å². The first-order chi connectivity index (χ1) is 7.68. The summed E-state index contributed by atoms with van der Waals surface area (Å²) in [6.07, 6.45) is 6.39. The first-order valence-corrected chi connectivity index (χ1v) is 4.94. The number of pyridine rings is 1. The van der Waals surface area contributed by atoms with Crippen molar-refractivity contribution in [2.45, 2.75) is 18.9 Å². The Kier molecular flexibility index (Phi) is 2.94. The number of hydrogen-bond acceptors (Lipinski definition) is 2. The van der Waals surface area contributed by atoms with Gasteiger partial charge in [0.25, 0.3) is 5.91 Å². The molecule has 0 aromatic carbocycles. The minimum Gasteiger partial charge on any atom is -0.349 e. The quantitative estimate of drug-likeness (QED) is 0.615. The van der Waals surface area contributed by atoms with Crippen molar-refractivity contribution in [3.63, 3.8) is 0 Å². The summed E-state index contributed by atoms with van der Waals surface area (Å²) in [7, 11) is 0. The Morgan fingerprint density at radius 2 is 2.06 bits per heavy atom. The molecule has 16 heavy (non-hydrogen) atoms. The lowest BCUT2D eigenvalue weighted by molar-refractivity contribution is 0.0933. The second kappa shape index (κ2) is 4.38. The van der Waals surface area contributed by atoms with Gasteiger partial charge in [0.1, 0.15) is 0 Å². The summed E-state index contributed by atoms with van der Waals surface area (Å²) in [4.78, 5) is 14.7. The zero-order valence-electron chi connectivity index (χ0n) is 8.41. The maximum absolute atomic E-state index is 13.2. The summed E-state index contributed by atoms with van der Waals surface area (Å²) in [6, 6.07) is 1.14. The van der Waals surface area contributed by atoms with Crippen molar-refractivity contribution in [2.24, 2.45) is 0 Å². The fraction of sp³-hybridized carbons (Fsp3) is 0.273. The summed E-state index contributed by atoms with van der Waals surface area (Å²) in [6.45, 7) is 0. The Balaban J connectivity index is 2.11. The van der Waals surface area contributed by atoms with Crippen LogP contribution in [0.15, 0.2) is 24.4 Å². The first kappa shape index (κ1) is 10.7. The van der Waals surface area contributed by atoms with Crippen LogP contribution in [0.5, 0.6) is 0 Å². The van der Waals surface area contributed by atoms with Gasteiger partial charge in [0.05, 0.1) is 5.56 Å². The number of carbonyl (C=O) groups excluding carboxylic acids is 1. The van der Waals surface area contributed by atoms with Crippen molar-refractivity contribution < 1.29 is 13.6 Å². The molecule has 0 atom stereocenters. The molecule has 1 aromatic heterocycles. The van der Waals surface area contributed by atoms with Crippen molar-refractivity contribution in [1.82, 2.24) is 10.3 Å². The standard InChI is InChI=1S/C11H10F2N2O/c12-9-8(5-6-14-10(9)13)11(16)15-7-3-1-2-4-7/h1-2,5-7H,3-4H2,(H,15,16). The Morgan fingerprint density at radius 1 is 1.38 bits per heavy atom. The van der Waals surface area contributed by atoms with Crippen LogP contribution in [0.1, 0.15) is 23.2 Å². The zero-order chi connectivity index (χ0) is 11.5. The maximum Gasteiger partial charge on any atom is 0.254 e. The summed E-state index contributed by atoms with van der Waals surface area (Å²) in [5.74, 6) is -3.06. The van der Waals surface area contributed by atoms with Crippen LogP contribution in [0.25, 0.3) is 0 Å². The lowest BCUT2D eigenvalue weighted by atomic mass is 10.2. The van der Waals surface area contributed by atoms with Crippen LogP contribution in [0.2, 0.25) is 0 Å². The molecule has 0 radical (unpaired) electrons. The van der Waals surface area contributed by atoms with Gasteiger partial charge in [-0.05, 0) is 18.9 Å². The van der Waals surface area contributed by atoms with Crippen LogP contribution < -0.4 is 5.32 Å². The smallest absolute Gasteiger partial charge is 0.254 e. The molecule has 0 aliphatic heterocycles. The summed E-state index contributed by atoms with van der Waals surface area (Å²) >= 11 is 0. The fourth-order valence-corrected chi connectivity index (χ4v) is 1.59. The monoisotopic (exact) mass is 224 g/mol. The van der Waals surface area contributed by atoms with Crippen LogP contribution >= 0.6 is 0 Å². The van der Waals surface area contributed by atoms with E-state index in [-0.39, 0.29) is 11.6 Å². The molecule has 5 heteroatoms. The highest BCUT2D eigenvalue weighted by Gasteiger charge is 2.19. The van der Waals surface area contributed by atoms with Gasteiger partial charge < -0.3 is 5.32 Å². The third kappa shape index (κ3) is 2.08. The molecular formula is C11H10F2N2O. The van der Waals surface area contributed by atoms with Gasteiger partial charge in [-0.15, -0.1) is 0 Å². The van der Waals surface area contributed by atoms with E-state index in [9.17, 15) is 13.6 Å². The highest BCUT2D eigenvalue weighted by Crippen LogP contribution is 2.12. The van der Waals surface area contributed by atoms with Crippen molar-refractivity contribution in [1.29, 1.82) is 0 Å². The van der Waals surface area contributed by atoms with Crippen molar-refractivity contribution in [2.75, 3.05) is 0 Å². The van der Waals surface area contributed by atoms with Gasteiger partial charge in [-0.3, -0.25) is 4.79 Å². The molecule has 1 aliphatic rings. The molecule has 2 rings (SSSR count). The third-order valence-corrected chi connectivity index (χ3v) is 2.43. The molecular weight excluding hydrogens is 214 g/mol. The van der Waals surface area contributed by atoms with E-state index in [0.29, 0.717) is 0 Å². The van der Waals surface area contributed by atoms with Crippen LogP contribution in [-0.4, -0.2) is 16.9 Å². The topological polar surface area (TPSA) is 42.0 Å². The molecule has 1 amide bonds. The molecule has 1 aromatic rings. The lowest BCUT2D eigenvalue weighted by Gasteiger charge is -2.12. The minimum absolute atomic E-state index is 0.0249. The number of amides is 1. The van der Waals surface area contributed by atoms with E-state index < -0.39 is 17.7 Å². The van der Waals surface area contributed by atoms with E-state index >= 15 is 0 Å². The molecule has 0 bridgehead atoms. The van der Waals surface area contributed by atoms with Gasteiger partial charge >= 0.3 is 0 Å². The largest absolute Gasteiger partial charge is 0.349 e.